The fraction of sp³-hybridized carbons (Fsp3) is 0.364. The third-order valence-electron chi connectivity index (χ3n) is 7.00. The SMILES string of the molecule is CCCN(CCC)C(=O)c1cccc(C(=O)N[C@@H](Cc2ccccc2)P(=O)(O)CC(C)C(=O)NCc2ccccc2)c1. The Labute approximate surface area is 249 Å². The van der Waals surface area contributed by atoms with Crippen LogP contribution >= 0.6 is 7.37 Å². The lowest BCUT2D eigenvalue weighted by molar-refractivity contribution is -0.124. The maximum Gasteiger partial charge on any atom is 0.253 e. The highest BCUT2D eigenvalue weighted by Gasteiger charge is 2.36. The van der Waals surface area contributed by atoms with Gasteiger partial charge in [0.05, 0.1) is 0 Å². The molecule has 0 fully saturated rings. The Morgan fingerprint density at radius 2 is 1.40 bits per heavy atom. The smallest absolute Gasteiger partial charge is 0.253 e. The molecule has 0 radical (unpaired) electrons. The van der Waals surface area contributed by atoms with Crippen LogP contribution in [0.2, 0.25) is 0 Å². The van der Waals surface area contributed by atoms with Gasteiger partial charge in [-0.05, 0) is 42.2 Å². The first kappa shape index (κ1) is 32.8. The molecule has 3 amide bonds. The number of hydrogen-bond acceptors (Lipinski definition) is 4. The number of rotatable bonds is 15. The zero-order valence-corrected chi connectivity index (χ0v) is 25.6. The van der Waals surface area contributed by atoms with Crippen LogP contribution in [-0.4, -0.2) is 52.5 Å². The minimum atomic E-state index is -4.08. The van der Waals surface area contributed by atoms with Crippen LogP contribution in [0.15, 0.2) is 84.9 Å². The van der Waals surface area contributed by atoms with Gasteiger partial charge in [-0.25, -0.2) is 0 Å². The van der Waals surface area contributed by atoms with Crippen molar-refractivity contribution in [2.75, 3.05) is 19.3 Å². The van der Waals surface area contributed by atoms with Gasteiger partial charge in [0.15, 0.2) is 0 Å². The van der Waals surface area contributed by atoms with E-state index in [9.17, 15) is 23.8 Å². The molecule has 9 heteroatoms. The number of nitrogens with zero attached hydrogens (tertiary/aromatic N) is 1. The number of carbonyl (C=O) groups is 3. The molecule has 3 rings (SSSR count). The monoisotopic (exact) mass is 591 g/mol. The van der Waals surface area contributed by atoms with Crippen molar-refractivity contribution in [2.45, 2.75) is 52.4 Å². The lowest BCUT2D eigenvalue weighted by Crippen LogP contribution is -2.39. The van der Waals surface area contributed by atoms with Crippen molar-refractivity contribution in [3.63, 3.8) is 0 Å². The Morgan fingerprint density at radius 1 is 0.833 bits per heavy atom. The lowest BCUT2D eigenvalue weighted by Gasteiger charge is -2.26. The third-order valence-corrected chi connectivity index (χ3v) is 9.35. The first-order valence-corrected chi connectivity index (χ1v) is 16.4. The van der Waals surface area contributed by atoms with Crippen LogP contribution in [0.25, 0.3) is 0 Å². The molecular formula is C33H42N3O5P. The summed E-state index contributed by atoms with van der Waals surface area (Å²) in [6.45, 7) is 7.17. The van der Waals surface area contributed by atoms with E-state index in [1.165, 1.54) is 6.07 Å². The lowest BCUT2D eigenvalue weighted by atomic mass is 10.1. The zero-order chi connectivity index (χ0) is 30.5. The second-order valence-corrected chi connectivity index (χ2v) is 13.1. The average molecular weight is 592 g/mol. The number of amides is 3. The largest absolute Gasteiger partial charge is 0.352 e. The molecule has 0 bridgehead atoms. The molecule has 3 aromatic carbocycles. The summed E-state index contributed by atoms with van der Waals surface area (Å²) in [7, 11) is -4.08. The van der Waals surface area contributed by atoms with Crippen molar-refractivity contribution >= 4 is 25.1 Å². The summed E-state index contributed by atoms with van der Waals surface area (Å²) < 4.78 is 13.8. The predicted molar refractivity (Wildman–Crippen MR) is 166 cm³/mol. The molecule has 3 N–H and O–H groups in total. The van der Waals surface area contributed by atoms with E-state index in [-0.39, 0.29) is 30.0 Å². The Hall–Kier alpha value is -3.74. The Morgan fingerprint density at radius 3 is 2.00 bits per heavy atom. The van der Waals surface area contributed by atoms with Crippen molar-refractivity contribution in [2.24, 2.45) is 5.92 Å². The van der Waals surface area contributed by atoms with Crippen molar-refractivity contribution in [1.29, 1.82) is 0 Å². The molecule has 0 heterocycles. The summed E-state index contributed by atoms with van der Waals surface area (Å²) >= 11 is 0. The average Bonchev–Trinajstić information content (AvgIpc) is 3.00. The van der Waals surface area contributed by atoms with Gasteiger partial charge in [0.2, 0.25) is 13.3 Å². The fourth-order valence-corrected chi connectivity index (χ4v) is 6.78. The molecule has 0 aliphatic rings. The summed E-state index contributed by atoms with van der Waals surface area (Å²) in [5, 5.41) is 5.59. The van der Waals surface area contributed by atoms with E-state index in [2.05, 4.69) is 10.6 Å². The molecular weight excluding hydrogens is 549 g/mol. The van der Waals surface area contributed by atoms with Gasteiger partial charge in [-0.3, -0.25) is 18.9 Å². The Bertz CT molecular complexity index is 1360. The van der Waals surface area contributed by atoms with E-state index in [1.54, 1.807) is 30.0 Å². The van der Waals surface area contributed by atoms with Crippen molar-refractivity contribution in [3.05, 3.63) is 107 Å². The topological polar surface area (TPSA) is 116 Å². The first-order chi connectivity index (χ1) is 20.1. The zero-order valence-electron chi connectivity index (χ0n) is 24.7. The summed E-state index contributed by atoms with van der Waals surface area (Å²) in [5.74, 6) is -2.94. The molecule has 0 spiro atoms. The van der Waals surface area contributed by atoms with Crippen LogP contribution in [0.1, 0.15) is 65.5 Å². The predicted octanol–water partition coefficient (Wildman–Crippen LogP) is 5.47. The van der Waals surface area contributed by atoms with Crippen LogP contribution in [0, 0.1) is 5.92 Å². The Balaban J connectivity index is 1.77. The third kappa shape index (κ3) is 9.68. The summed E-state index contributed by atoms with van der Waals surface area (Å²) in [5.41, 5.74) is 2.31. The summed E-state index contributed by atoms with van der Waals surface area (Å²) in [6, 6.07) is 25.0. The van der Waals surface area contributed by atoms with E-state index in [0.29, 0.717) is 25.2 Å². The summed E-state index contributed by atoms with van der Waals surface area (Å²) in [4.78, 5) is 52.4. The van der Waals surface area contributed by atoms with Crippen molar-refractivity contribution in [1.82, 2.24) is 15.5 Å². The number of carbonyl (C=O) groups excluding carboxylic acids is 3. The summed E-state index contributed by atoms with van der Waals surface area (Å²) in [6.07, 6.45) is 1.45. The maximum atomic E-state index is 13.8. The quantitative estimate of drug-likeness (QED) is 0.203. The number of hydrogen-bond donors (Lipinski definition) is 3. The number of benzene rings is 3. The molecule has 0 saturated heterocycles. The van der Waals surface area contributed by atoms with Crippen LogP contribution < -0.4 is 10.6 Å². The highest BCUT2D eigenvalue weighted by Crippen LogP contribution is 2.48. The fourth-order valence-electron chi connectivity index (χ4n) is 4.76. The normalized spacial score (nSPS) is 13.8. The van der Waals surface area contributed by atoms with E-state index in [0.717, 1.165) is 24.0 Å². The molecule has 224 valence electrons. The van der Waals surface area contributed by atoms with Crippen LogP contribution in [0.3, 0.4) is 0 Å². The second kappa shape index (κ2) is 16.0. The van der Waals surface area contributed by atoms with Gasteiger partial charge in [0.25, 0.3) is 11.8 Å². The van der Waals surface area contributed by atoms with Crippen molar-refractivity contribution in [3.8, 4) is 0 Å². The Kier molecular flexibility index (Phi) is 12.5. The van der Waals surface area contributed by atoms with Gasteiger partial charge in [-0.2, -0.15) is 0 Å². The molecule has 0 aliphatic heterocycles. The minimum Gasteiger partial charge on any atom is -0.352 e. The van der Waals surface area contributed by atoms with Gasteiger partial charge in [-0.15, -0.1) is 0 Å². The highest BCUT2D eigenvalue weighted by molar-refractivity contribution is 7.58. The van der Waals surface area contributed by atoms with Crippen LogP contribution in [0.5, 0.6) is 0 Å². The molecule has 42 heavy (non-hydrogen) atoms. The standard InChI is InChI=1S/C33H42N3O5P/c1-4-19-36(20-5-2)33(39)29-18-12-17-28(22-29)32(38)35-30(21-26-13-8-6-9-14-26)42(40,41)24-25(3)31(37)34-23-27-15-10-7-11-16-27/h6-18,22,25,30H,4-5,19-21,23-24H2,1-3H3,(H,34,37)(H,35,38)(H,40,41)/t25?,30-/m1/s1. The van der Waals surface area contributed by atoms with Gasteiger partial charge in [0.1, 0.15) is 5.78 Å². The molecule has 0 aromatic heterocycles. The van der Waals surface area contributed by atoms with Gasteiger partial charge < -0.3 is 20.4 Å². The molecule has 0 aliphatic carbocycles. The van der Waals surface area contributed by atoms with Gasteiger partial charge in [-0.1, -0.05) is 87.5 Å². The molecule has 3 atom stereocenters. The van der Waals surface area contributed by atoms with Gasteiger partial charge in [0, 0.05) is 49.3 Å². The highest BCUT2D eigenvalue weighted by atomic mass is 31.2. The van der Waals surface area contributed by atoms with Crippen LogP contribution in [0.4, 0.5) is 0 Å². The number of nitrogens with one attached hydrogen (secondary N) is 2. The van der Waals surface area contributed by atoms with Crippen molar-refractivity contribution < 1.29 is 23.8 Å². The molecule has 0 saturated carbocycles. The van der Waals surface area contributed by atoms with Gasteiger partial charge >= 0.3 is 0 Å². The van der Waals surface area contributed by atoms with E-state index < -0.39 is 25.0 Å². The first-order valence-electron chi connectivity index (χ1n) is 14.5. The minimum absolute atomic E-state index is 0.109. The molecule has 3 aromatic rings. The van der Waals surface area contributed by atoms with E-state index >= 15 is 0 Å². The van der Waals surface area contributed by atoms with Crippen LogP contribution in [-0.2, 0) is 22.3 Å². The molecule has 2 unspecified atom stereocenters. The second-order valence-electron chi connectivity index (χ2n) is 10.6. The van der Waals surface area contributed by atoms with E-state index in [4.69, 9.17) is 0 Å². The maximum absolute atomic E-state index is 13.8. The van der Waals surface area contributed by atoms with E-state index in [1.807, 2.05) is 74.5 Å². The molecule has 8 nitrogen and oxygen atoms in total.